The molecule has 4 heteroatoms. The number of hydrogen-bond donors (Lipinski definition) is 1. The van der Waals surface area contributed by atoms with Gasteiger partial charge in [0.05, 0.1) is 0 Å². The topological polar surface area (TPSA) is 45.2 Å². The van der Waals surface area contributed by atoms with Gasteiger partial charge in [-0.3, -0.25) is 9.78 Å². The van der Waals surface area contributed by atoms with E-state index in [0.717, 1.165) is 30.8 Å². The molecule has 1 aromatic rings. The van der Waals surface area contributed by atoms with E-state index < -0.39 is 0 Å². The molecular formula is C14H21N3O. The molecule has 4 nitrogen and oxygen atoms in total. The number of amides is 1. The minimum Gasteiger partial charge on any atom is -0.338 e. The largest absolute Gasteiger partial charge is 0.338 e. The zero-order valence-electron chi connectivity index (χ0n) is 11.3. The predicted molar refractivity (Wildman–Crippen MR) is 71.5 cm³/mol. The molecule has 0 saturated carbocycles. The Morgan fingerprint density at radius 1 is 1.56 bits per heavy atom. The monoisotopic (exact) mass is 247 g/mol. The van der Waals surface area contributed by atoms with E-state index in [4.69, 9.17) is 0 Å². The lowest BCUT2D eigenvalue weighted by Crippen LogP contribution is -2.49. The van der Waals surface area contributed by atoms with Crippen LogP contribution in [0.15, 0.2) is 18.3 Å². The normalized spacial score (nSPS) is 24.1. The second kappa shape index (κ2) is 5.48. The van der Waals surface area contributed by atoms with E-state index in [1.807, 2.05) is 24.9 Å². The zero-order chi connectivity index (χ0) is 13.1. The van der Waals surface area contributed by atoms with Crippen LogP contribution in [0.1, 0.15) is 29.4 Å². The minimum absolute atomic E-state index is 0.127. The lowest BCUT2D eigenvalue weighted by molar-refractivity contribution is 0.0649. The van der Waals surface area contributed by atoms with Gasteiger partial charge in [-0.2, -0.15) is 0 Å². The van der Waals surface area contributed by atoms with Gasteiger partial charge in [0.2, 0.25) is 0 Å². The first-order valence-electron chi connectivity index (χ1n) is 6.51. The summed E-state index contributed by atoms with van der Waals surface area (Å²) in [5.41, 5.74) is 1.64. The fourth-order valence-electron chi connectivity index (χ4n) is 2.62. The Bertz CT molecular complexity index is 433. The lowest BCUT2D eigenvalue weighted by Gasteiger charge is -2.36. The number of aryl methyl sites for hydroxylation is 1. The molecule has 1 fully saturated rings. The molecule has 98 valence electrons. The standard InChI is InChI=1S/C14H21N3O/c1-10-9-17(7-5-13(10)15-3)14(18)12-4-6-16-11(2)8-12/h4,6,8,10,13,15H,5,7,9H2,1-3H3. The van der Waals surface area contributed by atoms with Crippen molar-refractivity contribution in [3.05, 3.63) is 29.6 Å². The van der Waals surface area contributed by atoms with Crippen LogP contribution in [0.2, 0.25) is 0 Å². The summed E-state index contributed by atoms with van der Waals surface area (Å²) in [6.45, 7) is 5.76. The summed E-state index contributed by atoms with van der Waals surface area (Å²) in [6.07, 6.45) is 2.72. The number of piperidine rings is 1. The molecule has 18 heavy (non-hydrogen) atoms. The highest BCUT2D eigenvalue weighted by atomic mass is 16.2. The number of aromatic nitrogens is 1. The van der Waals surface area contributed by atoms with Gasteiger partial charge >= 0.3 is 0 Å². The molecule has 2 rings (SSSR count). The van der Waals surface area contributed by atoms with Crippen molar-refractivity contribution in [3.63, 3.8) is 0 Å². The Hall–Kier alpha value is -1.42. The van der Waals surface area contributed by atoms with Crippen LogP contribution in [0.5, 0.6) is 0 Å². The van der Waals surface area contributed by atoms with Crippen LogP contribution in [0.3, 0.4) is 0 Å². The predicted octanol–water partition coefficient (Wildman–Crippen LogP) is 1.46. The van der Waals surface area contributed by atoms with Gasteiger partial charge in [0.15, 0.2) is 0 Å². The van der Waals surface area contributed by atoms with Crippen molar-refractivity contribution in [1.82, 2.24) is 15.2 Å². The Morgan fingerprint density at radius 3 is 2.94 bits per heavy atom. The second-order valence-electron chi connectivity index (χ2n) is 5.10. The first kappa shape index (κ1) is 13.0. The smallest absolute Gasteiger partial charge is 0.253 e. The third-order valence-electron chi connectivity index (χ3n) is 3.71. The number of nitrogens with zero attached hydrogens (tertiary/aromatic N) is 2. The quantitative estimate of drug-likeness (QED) is 0.860. The molecular weight excluding hydrogens is 226 g/mol. The Kier molecular flexibility index (Phi) is 3.97. The average molecular weight is 247 g/mol. The molecule has 0 aromatic carbocycles. The number of pyridine rings is 1. The van der Waals surface area contributed by atoms with Crippen LogP contribution in [-0.4, -0.2) is 42.0 Å². The van der Waals surface area contributed by atoms with Crippen LogP contribution < -0.4 is 5.32 Å². The van der Waals surface area contributed by atoms with E-state index in [2.05, 4.69) is 17.2 Å². The van der Waals surface area contributed by atoms with Crippen molar-refractivity contribution < 1.29 is 4.79 Å². The average Bonchev–Trinajstić information content (AvgIpc) is 2.37. The molecule has 1 aliphatic heterocycles. The highest BCUT2D eigenvalue weighted by molar-refractivity contribution is 5.94. The number of likely N-dealkylation sites (tertiary alicyclic amines) is 1. The summed E-state index contributed by atoms with van der Waals surface area (Å²) in [7, 11) is 1.99. The minimum atomic E-state index is 0.127. The number of rotatable bonds is 2. The molecule has 0 radical (unpaired) electrons. The maximum absolute atomic E-state index is 12.4. The van der Waals surface area contributed by atoms with Crippen LogP contribution in [0, 0.1) is 12.8 Å². The van der Waals surface area contributed by atoms with Gasteiger partial charge in [-0.25, -0.2) is 0 Å². The van der Waals surface area contributed by atoms with Gasteiger partial charge in [0.25, 0.3) is 5.91 Å². The van der Waals surface area contributed by atoms with E-state index in [1.165, 1.54) is 0 Å². The summed E-state index contributed by atoms with van der Waals surface area (Å²) in [4.78, 5) is 18.4. The van der Waals surface area contributed by atoms with Gasteiger partial charge in [-0.15, -0.1) is 0 Å². The van der Waals surface area contributed by atoms with Crippen molar-refractivity contribution >= 4 is 5.91 Å². The van der Waals surface area contributed by atoms with Gasteiger partial charge in [0.1, 0.15) is 0 Å². The molecule has 2 atom stereocenters. The van der Waals surface area contributed by atoms with E-state index in [0.29, 0.717) is 12.0 Å². The highest BCUT2D eigenvalue weighted by Gasteiger charge is 2.28. The number of carbonyl (C=O) groups is 1. The number of nitrogens with one attached hydrogen (secondary N) is 1. The fraction of sp³-hybridized carbons (Fsp3) is 0.571. The molecule has 2 unspecified atom stereocenters. The zero-order valence-corrected chi connectivity index (χ0v) is 11.3. The first-order chi connectivity index (χ1) is 8.61. The Morgan fingerprint density at radius 2 is 2.33 bits per heavy atom. The van der Waals surface area contributed by atoms with E-state index >= 15 is 0 Å². The third-order valence-corrected chi connectivity index (χ3v) is 3.71. The van der Waals surface area contributed by atoms with E-state index in [1.54, 1.807) is 12.3 Å². The van der Waals surface area contributed by atoms with Gasteiger partial charge in [-0.05, 0) is 38.4 Å². The summed E-state index contributed by atoms with van der Waals surface area (Å²) < 4.78 is 0. The van der Waals surface area contributed by atoms with Crippen LogP contribution in [0.25, 0.3) is 0 Å². The van der Waals surface area contributed by atoms with Crippen LogP contribution >= 0.6 is 0 Å². The number of hydrogen-bond acceptors (Lipinski definition) is 3. The van der Waals surface area contributed by atoms with E-state index in [-0.39, 0.29) is 5.91 Å². The van der Waals surface area contributed by atoms with Crippen molar-refractivity contribution in [2.24, 2.45) is 5.92 Å². The van der Waals surface area contributed by atoms with Crippen molar-refractivity contribution in [2.45, 2.75) is 26.3 Å². The summed E-state index contributed by atoms with van der Waals surface area (Å²) in [5.74, 6) is 0.623. The summed E-state index contributed by atoms with van der Waals surface area (Å²) in [5, 5.41) is 3.31. The maximum Gasteiger partial charge on any atom is 0.253 e. The molecule has 0 spiro atoms. The second-order valence-corrected chi connectivity index (χ2v) is 5.10. The van der Waals surface area contributed by atoms with Crippen molar-refractivity contribution in [3.8, 4) is 0 Å². The molecule has 0 aliphatic carbocycles. The summed E-state index contributed by atoms with van der Waals surface area (Å²) >= 11 is 0. The molecule has 2 heterocycles. The Labute approximate surface area is 108 Å². The Balaban J connectivity index is 2.07. The SMILES string of the molecule is CNC1CCN(C(=O)c2ccnc(C)c2)CC1C. The molecule has 0 bridgehead atoms. The molecule has 1 N–H and O–H groups in total. The first-order valence-corrected chi connectivity index (χ1v) is 6.51. The molecule has 1 saturated heterocycles. The van der Waals surface area contributed by atoms with E-state index in [9.17, 15) is 4.79 Å². The van der Waals surface area contributed by atoms with Crippen LogP contribution in [0.4, 0.5) is 0 Å². The summed E-state index contributed by atoms with van der Waals surface area (Å²) in [6, 6.07) is 4.18. The number of carbonyl (C=O) groups excluding carboxylic acids is 1. The molecule has 1 aliphatic rings. The maximum atomic E-state index is 12.4. The third kappa shape index (κ3) is 2.70. The van der Waals surface area contributed by atoms with Crippen molar-refractivity contribution in [2.75, 3.05) is 20.1 Å². The molecule has 1 amide bonds. The van der Waals surface area contributed by atoms with Gasteiger partial charge in [0, 0.05) is 36.6 Å². The highest BCUT2D eigenvalue weighted by Crippen LogP contribution is 2.18. The fourth-order valence-corrected chi connectivity index (χ4v) is 2.62. The van der Waals surface area contributed by atoms with Crippen molar-refractivity contribution in [1.29, 1.82) is 0 Å². The van der Waals surface area contributed by atoms with Gasteiger partial charge < -0.3 is 10.2 Å². The molecule has 1 aromatic heterocycles. The van der Waals surface area contributed by atoms with Crippen LogP contribution in [-0.2, 0) is 0 Å². The van der Waals surface area contributed by atoms with Gasteiger partial charge in [-0.1, -0.05) is 6.92 Å². The lowest BCUT2D eigenvalue weighted by atomic mass is 9.93.